The third-order valence-electron chi connectivity index (χ3n) is 6.49. The van der Waals surface area contributed by atoms with Crippen LogP contribution in [-0.2, 0) is 0 Å². The molecule has 1 nitrogen and oxygen atoms in total. The molecule has 1 atom stereocenters. The highest BCUT2D eigenvalue weighted by molar-refractivity contribution is 6.33. The SMILES string of the molecule is CCCC(O)c1ccccc1.Cc1ccc2c3cccc4cccc(c5cccc1c52)c43. The standard InChI is InChI=1S/C21H14.C10H14O/c1-13-11-12-19-17-9-3-6-14-5-2-8-16(20(14)17)18-10-4-7-15(13)21(18)19;1-2-6-10(11)9-7-4-3-5-8-9/h2-12H,1H3;3-5,7-8,10-11H,2,6H2,1H3. The first-order valence-corrected chi connectivity index (χ1v) is 11.5. The van der Waals surface area contributed by atoms with Crippen LogP contribution in [0, 0.1) is 6.92 Å². The Bertz CT molecular complexity index is 1450. The van der Waals surface area contributed by atoms with Crippen LogP contribution in [0.15, 0.2) is 97.1 Å². The van der Waals surface area contributed by atoms with E-state index in [9.17, 15) is 5.11 Å². The molecule has 0 saturated carbocycles. The summed E-state index contributed by atoms with van der Waals surface area (Å²) < 4.78 is 0. The van der Waals surface area contributed by atoms with E-state index in [1.807, 2.05) is 30.3 Å². The van der Waals surface area contributed by atoms with E-state index in [0.29, 0.717) is 0 Å². The molecular formula is C31H28O. The zero-order chi connectivity index (χ0) is 22.1. The molecule has 1 N–H and O–H groups in total. The molecule has 0 heterocycles. The van der Waals surface area contributed by atoms with Crippen LogP contribution in [0.5, 0.6) is 0 Å². The molecule has 0 saturated heterocycles. The molecule has 0 aliphatic rings. The predicted octanol–water partition coefficient (Wildman–Crippen LogP) is 8.57. The minimum absolute atomic E-state index is 0.277. The van der Waals surface area contributed by atoms with Crippen molar-refractivity contribution in [3.63, 3.8) is 0 Å². The van der Waals surface area contributed by atoms with Gasteiger partial charge in [-0.3, -0.25) is 0 Å². The van der Waals surface area contributed by atoms with Gasteiger partial charge in [-0.05, 0) is 67.6 Å². The minimum atomic E-state index is -0.277. The lowest BCUT2D eigenvalue weighted by Gasteiger charge is -2.15. The summed E-state index contributed by atoms with van der Waals surface area (Å²) >= 11 is 0. The first-order valence-electron chi connectivity index (χ1n) is 11.5. The van der Waals surface area contributed by atoms with Crippen LogP contribution >= 0.6 is 0 Å². The van der Waals surface area contributed by atoms with Gasteiger partial charge in [-0.25, -0.2) is 0 Å². The summed E-state index contributed by atoms with van der Waals surface area (Å²) in [6.07, 6.45) is 1.60. The Kier molecular flexibility index (Phi) is 5.51. The summed E-state index contributed by atoms with van der Waals surface area (Å²) in [5, 5.41) is 20.5. The van der Waals surface area contributed by atoms with Gasteiger partial charge in [0.05, 0.1) is 6.10 Å². The van der Waals surface area contributed by atoms with E-state index < -0.39 is 0 Å². The maximum atomic E-state index is 9.52. The van der Waals surface area contributed by atoms with Gasteiger partial charge in [0.1, 0.15) is 0 Å². The fourth-order valence-corrected chi connectivity index (χ4v) is 4.91. The van der Waals surface area contributed by atoms with Gasteiger partial charge < -0.3 is 5.11 Å². The summed E-state index contributed by atoms with van der Waals surface area (Å²) in [5.41, 5.74) is 2.37. The van der Waals surface area contributed by atoms with E-state index in [2.05, 4.69) is 80.6 Å². The number of rotatable bonds is 3. The second kappa shape index (κ2) is 8.61. The van der Waals surface area contributed by atoms with Crippen LogP contribution in [0.1, 0.15) is 37.0 Å². The molecule has 0 aliphatic carbocycles. The molecule has 0 aliphatic heterocycles. The summed E-state index contributed by atoms with van der Waals surface area (Å²) in [6, 6.07) is 34.3. The monoisotopic (exact) mass is 416 g/mol. The van der Waals surface area contributed by atoms with Crippen molar-refractivity contribution in [2.45, 2.75) is 32.8 Å². The number of fused-ring (bicyclic) bond motifs is 2. The highest BCUT2D eigenvalue weighted by atomic mass is 16.3. The second-order valence-corrected chi connectivity index (χ2v) is 8.58. The molecule has 1 unspecified atom stereocenters. The average Bonchev–Trinajstić information content (AvgIpc) is 2.84. The quantitative estimate of drug-likeness (QED) is 0.226. The number of aliphatic hydroxyl groups excluding tert-OH is 1. The summed E-state index contributed by atoms with van der Waals surface area (Å²) in [5.74, 6) is 0. The Morgan fingerprint density at radius 3 is 1.81 bits per heavy atom. The molecule has 6 aromatic rings. The summed E-state index contributed by atoms with van der Waals surface area (Å²) in [6.45, 7) is 4.27. The van der Waals surface area contributed by atoms with E-state index in [1.54, 1.807) is 0 Å². The maximum absolute atomic E-state index is 9.52. The molecule has 0 bridgehead atoms. The fraction of sp³-hybridized carbons (Fsp3) is 0.161. The third-order valence-corrected chi connectivity index (χ3v) is 6.49. The van der Waals surface area contributed by atoms with Crippen molar-refractivity contribution in [2.24, 2.45) is 0 Å². The highest BCUT2D eigenvalue weighted by Crippen LogP contribution is 2.40. The van der Waals surface area contributed by atoms with Crippen molar-refractivity contribution in [2.75, 3.05) is 0 Å². The fourth-order valence-electron chi connectivity index (χ4n) is 4.91. The minimum Gasteiger partial charge on any atom is -0.388 e. The number of benzene rings is 6. The van der Waals surface area contributed by atoms with Crippen molar-refractivity contribution in [1.29, 1.82) is 0 Å². The molecule has 0 radical (unpaired) electrons. The van der Waals surface area contributed by atoms with Gasteiger partial charge in [0.2, 0.25) is 0 Å². The summed E-state index contributed by atoms with van der Waals surface area (Å²) in [4.78, 5) is 0. The Morgan fingerprint density at radius 2 is 1.16 bits per heavy atom. The van der Waals surface area contributed by atoms with Crippen LogP contribution in [0.4, 0.5) is 0 Å². The molecule has 0 fully saturated rings. The number of hydrogen-bond donors (Lipinski definition) is 1. The lowest BCUT2D eigenvalue weighted by Crippen LogP contribution is -1.95. The largest absolute Gasteiger partial charge is 0.388 e. The second-order valence-electron chi connectivity index (χ2n) is 8.58. The van der Waals surface area contributed by atoms with Crippen LogP contribution in [0.2, 0.25) is 0 Å². The van der Waals surface area contributed by atoms with Crippen molar-refractivity contribution in [1.82, 2.24) is 0 Å². The first-order chi connectivity index (χ1) is 15.7. The molecule has 1 heteroatoms. The molecule has 0 spiro atoms. The zero-order valence-electron chi connectivity index (χ0n) is 18.7. The lowest BCUT2D eigenvalue weighted by molar-refractivity contribution is 0.166. The van der Waals surface area contributed by atoms with E-state index in [4.69, 9.17) is 0 Å². The van der Waals surface area contributed by atoms with Crippen molar-refractivity contribution >= 4 is 43.1 Å². The lowest BCUT2D eigenvalue weighted by atomic mass is 9.89. The van der Waals surface area contributed by atoms with Crippen LogP contribution in [0.3, 0.4) is 0 Å². The Balaban J connectivity index is 0.000000168. The zero-order valence-corrected chi connectivity index (χ0v) is 18.7. The summed E-state index contributed by atoms with van der Waals surface area (Å²) in [7, 11) is 0. The molecular weight excluding hydrogens is 388 g/mol. The van der Waals surface area contributed by atoms with Gasteiger partial charge in [-0.15, -0.1) is 0 Å². The van der Waals surface area contributed by atoms with E-state index in [-0.39, 0.29) is 6.10 Å². The van der Waals surface area contributed by atoms with Gasteiger partial charge in [-0.2, -0.15) is 0 Å². The topological polar surface area (TPSA) is 20.2 Å². The Labute approximate surface area is 189 Å². The average molecular weight is 417 g/mol. The number of aryl methyl sites for hydroxylation is 1. The van der Waals surface area contributed by atoms with E-state index >= 15 is 0 Å². The molecule has 158 valence electrons. The predicted molar refractivity (Wildman–Crippen MR) is 139 cm³/mol. The normalized spacial score (nSPS) is 12.3. The number of aliphatic hydroxyl groups is 1. The van der Waals surface area contributed by atoms with E-state index in [1.165, 1.54) is 48.7 Å². The van der Waals surface area contributed by atoms with Crippen molar-refractivity contribution in [3.05, 3.63) is 108 Å². The number of hydrogen-bond acceptors (Lipinski definition) is 1. The molecule has 32 heavy (non-hydrogen) atoms. The van der Waals surface area contributed by atoms with Crippen molar-refractivity contribution < 1.29 is 5.11 Å². The first kappa shape index (κ1) is 20.5. The van der Waals surface area contributed by atoms with E-state index in [0.717, 1.165) is 18.4 Å². The van der Waals surface area contributed by atoms with Crippen LogP contribution in [0.25, 0.3) is 43.1 Å². The van der Waals surface area contributed by atoms with Crippen molar-refractivity contribution in [3.8, 4) is 0 Å². The van der Waals surface area contributed by atoms with Gasteiger partial charge >= 0.3 is 0 Å². The van der Waals surface area contributed by atoms with Gasteiger partial charge in [-0.1, -0.05) is 110 Å². The molecule has 0 amide bonds. The van der Waals surface area contributed by atoms with Crippen LogP contribution < -0.4 is 0 Å². The Morgan fingerprint density at radius 1 is 0.594 bits per heavy atom. The maximum Gasteiger partial charge on any atom is 0.0790 e. The molecule has 6 rings (SSSR count). The smallest absolute Gasteiger partial charge is 0.0790 e. The van der Waals surface area contributed by atoms with Gasteiger partial charge in [0, 0.05) is 0 Å². The molecule has 6 aromatic carbocycles. The highest BCUT2D eigenvalue weighted by Gasteiger charge is 2.12. The van der Waals surface area contributed by atoms with Crippen LogP contribution in [-0.4, -0.2) is 5.11 Å². The van der Waals surface area contributed by atoms with Gasteiger partial charge in [0.25, 0.3) is 0 Å². The third kappa shape index (κ3) is 3.49. The van der Waals surface area contributed by atoms with Gasteiger partial charge in [0.15, 0.2) is 0 Å². The Hall–Kier alpha value is -3.42. The molecule has 0 aromatic heterocycles.